The lowest BCUT2D eigenvalue weighted by Gasteiger charge is -2.23. The number of hydrogen-bond donors (Lipinski definition) is 3. The Kier molecular flexibility index (Phi) is 7.15. The summed E-state index contributed by atoms with van der Waals surface area (Å²) in [7, 11) is 1.30. The number of primary amides is 1. The van der Waals surface area contributed by atoms with Gasteiger partial charge in [0.2, 0.25) is 0 Å². The molecule has 1 aliphatic rings. The number of benzene rings is 2. The van der Waals surface area contributed by atoms with Crippen molar-refractivity contribution >= 4 is 17.6 Å². The summed E-state index contributed by atoms with van der Waals surface area (Å²) in [6.45, 7) is 0.379. The first-order valence-electron chi connectivity index (χ1n) is 11.1. The standard InChI is InChI=1S/C24H24F3N5O4/c1-35-19-5-4-13(25)9-15(19)24(34)30-10-16-17(26)7-12(8-18(16)27)21-20(23(29)33)22(28)32(31-21)14-3-2-6-36-11-14/h4-5,7-9,14H,2-3,6,10-11,28H2,1H3,(H2,29,33)(H,30,34). The second-order valence-corrected chi connectivity index (χ2v) is 8.23. The van der Waals surface area contributed by atoms with Gasteiger partial charge in [-0.1, -0.05) is 0 Å². The maximum atomic E-state index is 15.0. The fourth-order valence-electron chi connectivity index (χ4n) is 4.12. The first kappa shape index (κ1) is 25.0. The predicted molar refractivity (Wildman–Crippen MR) is 124 cm³/mol. The van der Waals surface area contributed by atoms with Crippen LogP contribution < -0.4 is 21.5 Å². The summed E-state index contributed by atoms with van der Waals surface area (Å²) in [5.41, 5.74) is 10.8. The zero-order chi connectivity index (χ0) is 26.0. The maximum Gasteiger partial charge on any atom is 0.255 e. The van der Waals surface area contributed by atoms with Crippen LogP contribution >= 0.6 is 0 Å². The molecule has 36 heavy (non-hydrogen) atoms. The van der Waals surface area contributed by atoms with Crippen LogP contribution in [-0.4, -0.2) is 41.9 Å². The van der Waals surface area contributed by atoms with Crippen molar-refractivity contribution < 1.29 is 32.2 Å². The van der Waals surface area contributed by atoms with Crippen LogP contribution in [0.1, 0.15) is 45.2 Å². The van der Waals surface area contributed by atoms with Gasteiger partial charge in [-0.25, -0.2) is 17.9 Å². The molecule has 3 aromatic rings. The van der Waals surface area contributed by atoms with Crippen molar-refractivity contribution in [2.75, 3.05) is 26.1 Å². The zero-order valence-corrected chi connectivity index (χ0v) is 19.3. The molecule has 0 aliphatic carbocycles. The lowest BCUT2D eigenvalue weighted by atomic mass is 10.0. The van der Waals surface area contributed by atoms with Gasteiger partial charge in [-0.3, -0.25) is 9.59 Å². The van der Waals surface area contributed by atoms with E-state index in [2.05, 4.69) is 10.4 Å². The highest BCUT2D eigenvalue weighted by Gasteiger charge is 2.28. The van der Waals surface area contributed by atoms with Crippen LogP contribution in [0.4, 0.5) is 19.0 Å². The summed E-state index contributed by atoms with van der Waals surface area (Å²) in [5.74, 6) is -4.28. The molecular formula is C24H24F3N5O4. The minimum atomic E-state index is -0.999. The molecular weight excluding hydrogens is 479 g/mol. The molecule has 9 nitrogen and oxygen atoms in total. The van der Waals surface area contributed by atoms with Crippen LogP contribution in [0.5, 0.6) is 5.75 Å². The molecule has 1 aromatic heterocycles. The summed E-state index contributed by atoms with van der Waals surface area (Å²) < 4.78 is 55.4. The summed E-state index contributed by atoms with van der Waals surface area (Å²) in [6, 6.07) is 5.03. The van der Waals surface area contributed by atoms with E-state index in [-0.39, 0.29) is 40.0 Å². The predicted octanol–water partition coefficient (Wildman–Crippen LogP) is 2.94. The topological polar surface area (TPSA) is 134 Å². The smallest absolute Gasteiger partial charge is 0.255 e. The Morgan fingerprint density at radius 3 is 2.56 bits per heavy atom. The third-order valence-corrected chi connectivity index (χ3v) is 5.92. The number of nitrogens with zero attached hydrogens (tertiary/aromatic N) is 2. The van der Waals surface area contributed by atoms with Crippen LogP contribution in [0.15, 0.2) is 30.3 Å². The van der Waals surface area contributed by atoms with Gasteiger partial charge in [-0.15, -0.1) is 0 Å². The van der Waals surface area contributed by atoms with E-state index >= 15 is 0 Å². The number of halogens is 3. The van der Waals surface area contributed by atoms with Crippen molar-refractivity contribution in [2.45, 2.75) is 25.4 Å². The number of nitrogens with two attached hydrogens (primary N) is 2. The van der Waals surface area contributed by atoms with Gasteiger partial charge in [0, 0.05) is 24.3 Å². The summed E-state index contributed by atoms with van der Waals surface area (Å²) in [6.07, 6.45) is 1.46. The average Bonchev–Trinajstić information content (AvgIpc) is 3.21. The Labute approximate surface area is 204 Å². The van der Waals surface area contributed by atoms with Crippen LogP contribution in [0, 0.1) is 17.5 Å². The Bertz CT molecular complexity index is 1300. The van der Waals surface area contributed by atoms with Crippen LogP contribution in [0.2, 0.25) is 0 Å². The van der Waals surface area contributed by atoms with Gasteiger partial charge < -0.3 is 26.3 Å². The van der Waals surface area contributed by atoms with Gasteiger partial charge in [-0.05, 0) is 43.2 Å². The highest BCUT2D eigenvalue weighted by atomic mass is 19.1. The number of aromatic nitrogens is 2. The highest BCUT2D eigenvalue weighted by Crippen LogP contribution is 2.33. The first-order valence-corrected chi connectivity index (χ1v) is 11.1. The van der Waals surface area contributed by atoms with Crippen LogP contribution in [0.25, 0.3) is 11.3 Å². The Balaban J connectivity index is 1.62. The number of amides is 2. The van der Waals surface area contributed by atoms with Crippen LogP contribution in [-0.2, 0) is 11.3 Å². The molecule has 190 valence electrons. The average molecular weight is 503 g/mol. The number of hydrogen-bond acceptors (Lipinski definition) is 6. The van der Waals surface area contributed by atoms with Crippen molar-refractivity contribution in [2.24, 2.45) is 5.73 Å². The monoisotopic (exact) mass is 503 g/mol. The van der Waals surface area contributed by atoms with Crippen molar-refractivity contribution in [3.8, 4) is 17.0 Å². The van der Waals surface area contributed by atoms with Gasteiger partial charge in [0.05, 0.1) is 25.3 Å². The number of nitrogens with one attached hydrogen (secondary N) is 1. The van der Waals surface area contributed by atoms with E-state index in [1.54, 1.807) is 0 Å². The lowest BCUT2D eigenvalue weighted by molar-refractivity contribution is 0.0558. The van der Waals surface area contributed by atoms with Gasteiger partial charge in [0.15, 0.2) is 0 Å². The molecule has 0 radical (unpaired) electrons. The number of methoxy groups -OCH3 is 1. The zero-order valence-electron chi connectivity index (χ0n) is 19.3. The Hall–Kier alpha value is -4.06. The van der Waals surface area contributed by atoms with E-state index in [4.69, 9.17) is 20.9 Å². The maximum absolute atomic E-state index is 15.0. The SMILES string of the molecule is COc1ccc(F)cc1C(=O)NCc1c(F)cc(-c2nn(C3CCCOC3)c(N)c2C(N)=O)cc1F. The fraction of sp³-hybridized carbons (Fsp3) is 0.292. The summed E-state index contributed by atoms with van der Waals surface area (Å²) >= 11 is 0. The second-order valence-electron chi connectivity index (χ2n) is 8.23. The van der Waals surface area contributed by atoms with Gasteiger partial charge in [0.1, 0.15) is 40.3 Å². The van der Waals surface area contributed by atoms with Crippen molar-refractivity contribution in [3.63, 3.8) is 0 Å². The molecule has 5 N–H and O–H groups in total. The third-order valence-electron chi connectivity index (χ3n) is 5.92. The molecule has 2 heterocycles. The molecule has 0 bridgehead atoms. The van der Waals surface area contributed by atoms with Crippen molar-refractivity contribution in [1.82, 2.24) is 15.1 Å². The Morgan fingerprint density at radius 1 is 1.22 bits per heavy atom. The summed E-state index contributed by atoms with van der Waals surface area (Å²) in [5, 5.41) is 6.69. The van der Waals surface area contributed by atoms with Crippen LogP contribution in [0.3, 0.4) is 0 Å². The molecule has 2 amide bonds. The quantitative estimate of drug-likeness (QED) is 0.454. The Morgan fingerprint density at radius 2 is 1.94 bits per heavy atom. The van der Waals surface area contributed by atoms with Gasteiger partial charge in [-0.2, -0.15) is 5.10 Å². The molecule has 1 saturated heterocycles. The third kappa shape index (κ3) is 4.85. The number of nitrogen functional groups attached to an aromatic ring is 1. The number of rotatable bonds is 7. The minimum absolute atomic E-state index is 0.0193. The summed E-state index contributed by atoms with van der Waals surface area (Å²) in [4.78, 5) is 24.6. The normalized spacial score (nSPS) is 15.5. The number of anilines is 1. The molecule has 2 aromatic carbocycles. The lowest BCUT2D eigenvalue weighted by Crippen LogP contribution is -2.24. The first-order chi connectivity index (χ1) is 17.2. The molecule has 4 rings (SSSR count). The van der Waals surface area contributed by atoms with E-state index < -0.39 is 41.4 Å². The minimum Gasteiger partial charge on any atom is -0.496 e. The highest BCUT2D eigenvalue weighted by molar-refractivity contribution is 6.03. The molecule has 1 aliphatic heterocycles. The molecule has 1 unspecified atom stereocenters. The van der Waals surface area contributed by atoms with E-state index in [1.807, 2.05) is 0 Å². The molecule has 0 saturated carbocycles. The van der Waals surface area contributed by atoms with Gasteiger partial charge in [0.25, 0.3) is 11.8 Å². The number of ether oxygens (including phenoxy) is 2. The molecule has 12 heteroatoms. The van der Waals surface area contributed by atoms with Crippen molar-refractivity contribution in [1.29, 1.82) is 0 Å². The van der Waals surface area contributed by atoms with E-state index in [1.165, 1.54) is 17.9 Å². The molecule has 1 fully saturated rings. The molecule has 0 spiro atoms. The van der Waals surface area contributed by atoms with E-state index in [0.717, 1.165) is 30.7 Å². The largest absolute Gasteiger partial charge is 0.496 e. The van der Waals surface area contributed by atoms with Crippen molar-refractivity contribution in [3.05, 3.63) is 64.5 Å². The number of carbonyl (C=O) groups is 2. The number of carbonyl (C=O) groups excluding carboxylic acids is 2. The fourth-order valence-corrected chi connectivity index (χ4v) is 4.12. The van der Waals surface area contributed by atoms with E-state index in [9.17, 15) is 22.8 Å². The second kappa shape index (κ2) is 10.3. The van der Waals surface area contributed by atoms with E-state index in [0.29, 0.717) is 19.6 Å². The van der Waals surface area contributed by atoms with Gasteiger partial charge >= 0.3 is 0 Å². The molecule has 1 atom stereocenters.